The Morgan fingerprint density at radius 3 is 2.00 bits per heavy atom. The molecular weight excluding hydrogens is 322 g/mol. The van der Waals surface area contributed by atoms with Gasteiger partial charge in [-0.3, -0.25) is 4.99 Å². The Bertz CT molecular complexity index is 854. The fourth-order valence-corrected chi connectivity index (χ4v) is 4.51. The minimum absolute atomic E-state index is 0.212. The number of aryl methyl sites for hydroxylation is 1. The first-order valence-electron chi connectivity index (χ1n) is 8.71. The van der Waals surface area contributed by atoms with Crippen LogP contribution in [-0.2, 0) is 0 Å². The molecule has 0 spiro atoms. The van der Waals surface area contributed by atoms with Gasteiger partial charge in [-0.15, -0.1) is 0 Å². The topological polar surface area (TPSA) is 12.4 Å². The molecular formula is C23H21NS. The van der Waals surface area contributed by atoms with Crippen LogP contribution in [0, 0.1) is 6.92 Å². The van der Waals surface area contributed by atoms with Crippen LogP contribution in [0.2, 0.25) is 0 Å². The number of rotatable bonds is 3. The van der Waals surface area contributed by atoms with Crippen LogP contribution in [0.3, 0.4) is 0 Å². The normalized spacial score (nSPS) is 20.1. The molecule has 25 heavy (non-hydrogen) atoms. The van der Waals surface area contributed by atoms with Gasteiger partial charge in [0.1, 0.15) is 0 Å². The van der Waals surface area contributed by atoms with Crippen LogP contribution in [0.25, 0.3) is 0 Å². The zero-order valence-corrected chi connectivity index (χ0v) is 15.1. The Labute approximate surface area is 153 Å². The molecule has 124 valence electrons. The van der Waals surface area contributed by atoms with Gasteiger partial charge in [-0.2, -0.15) is 0 Å². The van der Waals surface area contributed by atoms with Crippen LogP contribution in [0.1, 0.15) is 40.0 Å². The summed E-state index contributed by atoms with van der Waals surface area (Å²) in [5, 5.41) is 1.58. The van der Waals surface area contributed by atoms with E-state index in [2.05, 4.69) is 91.9 Å². The van der Waals surface area contributed by atoms with Crippen LogP contribution in [0.15, 0.2) is 89.9 Å². The molecule has 0 saturated heterocycles. The lowest BCUT2D eigenvalue weighted by Gasteiger charge is -2.28. The SMILES string of the molecule is Cc1ccc(C2=N[C@H](c3ccccc3)C[C@H](c3ccccc3)S2)cc1. The first kappa shape index (κ1) is 16.2. The van der Waals surface area contributed by atoms with Crippen LogP contribution >= 0.6 is 11.8 Å². The van der Waals surface area contributed by atoms with E-state index in [1.54, 1.807) is 0 Å². The molecule has 1 nitrogen and oxygen atoms in total. The highest BCUT2D eigenvalue weighted by atomic mass is 32.2. The van der Waals surface area contributed by atoms with Gasteiger partial charge in [0.05, 0.1) is 11.1 Å². The minimum Gasteiger partial charge on any atom is -0.270 e. The van der Waals surface area contributed by atoms with Crippen LogP contribution < -0.4 is 0 Å². The Kier molecular flexibility index (Phi) is 4.71. The van der Waals surface area contributed by atoms with Crippen LogP contribution in [-0.4, -0.2) is 5.04 Å². The van der Waals surface area contributed by atoms with Gasteiger partial charge >= 0.3 is 0 Å². The molecule has 2 heteroatoms. The maximum absolute atomic E-state index is 5.11. The van der Waals surface area contributed by atoms with Gasteiger partial charge in [-0.1, -0.05) is 102 Å². The molecule has 0 bridgehead atoms. The molecule has 0 fully saturated rings. The molecule has 1 aliphatic heterocycles. The van der Waals surface area contributed by atoms with Gasteiger partial charge in [-0.05, 0) is 24.5 Å². The van der Waals surface area contributed by atoms with Crippen molar-refractivity contribution in [2.75, 3.05) is 0 Å². The number of thioether (sulfide) groups is 1. The molecule has 2 atom stereocenters. The van der Waals surface area contributed by atoms with Gasteiger partial charge in [0.15, 0.2) is 0 Å². The van der Waals surface area contributed by atoms with E-state index in [4.69, 9.17) is 4.99 Å². The number of hydrogen-bond donors (Lipinski definition) is 0. The average molecular weight is 343 g/mol. The molecule has 0 aromatic heterocycles. The Balaban J connectivity index is 1.73. The zero-order valence-electron chi connectivity index (χ0n) is 14.3. The first-order chi connectivity index (χ1) is 12.3. The number of nitrogens with zero attached hydrogens (tertiary/aromatic N) is 1. The Morgan fingerprint density at radius 2 is 1.36 bits per heavy atom. The number of hydrogen-bond acceptors (Lipinski definition) is 2. The molecule has 0 saturated carbocycles. The van der Waals surface area contributed by atoms with E-state index < -0.39 is 0 Å². The van der Waals surface area contributed by atoms with Crippen molar-refractivity contribution in [2.45, 2.75) is 24.6 Å². The largest absolute Gasteiger partial charge is 0.270 e. The van der Waals surface area contributed by atoms with E-state index in [-0.39, 0.29) is 6.04 Å². The van der Waals surface area contributed by atoms with Crippen molar-refractivity contribution >= 4 is 16.8 Å². The van der Waals surface area contributed by atoms with E-state index in [1.807, 2.05) is 11.8 Å². The smallest absolute Gasteiger partial charge is 0.0990 e. The molecule has 1 aliphatic rings. The van der Waals surface area contributed by atoms with Gasteiger partial charge in [0.25, 0.3) is 0 Å². The van der Waals surface area contributed by atoms with Crippen molar-refractivity contribution in [1.82, 2.24) is 0 Å². The maximum atomic E-state index is 5.11. The molecule has 0 unspecified atom stereocenters. The summed E-state index contributed by atoms with van der Waals surface area (Å²) >= 11 is 1.89. The second-order valence-electron chi connectivity index (χ2n) is 6.48. The highest BCUT2D eigenvalue weighted by molar-refractivity contribution is 8.14. The molecule has 0 amide bonds. The van der Waals surface area contributed by atoms with Crippen LogP contribution in [0.5, 0.6) is 0 Å². The quantitative estimate of drug-likeness (QED) is 0.539. The summed E-state index contributed by atoms with van der Waals surface area (Å²) in [6.45, 7) is 2.12. The van der Waals surface area contributed by atoms with E-state index >= 15 is 0 Å². The first-order valence-corrected chi connectivity index (χ1v) is 9.59. The van der Waals surface area contributed by atoms with Gasteiger partial charge < -0.3 is 0 Å². The van der Waals surface area contributed by atoms with Crippen molar-refractivity contribution in [3.05, 3.63) is 107 Å². The summed E-state index contributed by atoms with van der Waals surface area (Å²) in [6.07, 6.45) is 1.04. The third kappa shape index (κ3) is 3.69. The maximum Gasteiger partial charge on any atom is 0.0990 e. The fourth-order valence-electron chi connectivity index (χ4n) is 3.21. The van der Waals surface area contributed by atoms with Crippen molar-refractivity contribution in [1.29, 1.82) is 0 Å². The average Bonchev–Trinajstić information content (AvgIpc) is 2.69. The van der Waals surface area contributed by atoms with Gasteiger partial charge in [-0.25, -0.2) is 0 Å². The van der Waals surface area contributed by atoms with Crippen molar-refractivity contribution in [3.8, 4) is 0 Å². The Morgan fingerprint density at radius 1 is 0.760 bits per heavy atom. The van der Waals surface area contributed by atoms with Crippen molar-refractivity contribution in [3.63, 3.8) is 0 Å². The molecule has 3 aromatic rings. The Hall–Kier alpha value is -2.32. The molecule has 1 heterocycles. The molecule has 0 aliphatic carbocycles. The molecule has 3 aromatic carbocycles. The second kappa shape index (κ2) is 7.28. The highest BCUT2D eigenvalue weighted by Gasteiger charge is 2.27. The van der Waals surface area contributed by atoms with E-state index in [0.717, 1.165) is 11.5 Å². The van der Waals surface area contributed by atoms with Crippen LogP contribution in [0.4, 0.5) is 0 Å². The standard InChI is InChI=1S/C23H21NS/c1-17-12-14-20(15-13-17)23-24-21(18-8-4-2-5-9-18)16-22(25-23)19-10-6-3-7-11-19/h2-15,21-22H,16H2,1H3/t21-,22+/m0/s1. The monoisotopic (exact) mass is 343 g/mol. The zero-order chi connectivity index (χ0) is 17.1. The lowest BCUT2D eigenvalue weighted by Crippen LogP contribution is -2.13. The lowest BCUT2D eigenvalue weighted by atomic mass is 9.98. The summed E-state index contributed by atoms with van der Waals surface area (Å²) < 4.78 is 0. The summed E-state index contributed by atoms with van der Waals surface area (Å²) in [5.41, 5.74) is 5.18. The third-order valence-electron chi connectivity index (χ3n) is 4.62. The fraction of sp³-hybridized carbons (Fsp3) is 0.174. The van der Waals surface area contributed by atoms with Crippen molar-refractivity contribution < 1.29 is 0 Å². The summed E-state index contributed by atoms with van der Waals surface area (Å²) in [6, 6.07) is 30.4. The van der Waals surface area contributed by atoms with Gasteiger partial charge in [0, 0.05) is 10.8 Å². The minimum atomic E-state index is 0.212. The lowest BCUT2D eigenvalue weighted by molar-refractivity contribution is 0.641. The third-order valence-corrected chi connectivity index (χ3v) is 5.93. The van der Waals surface area contributed by atoms with E-state index in [0.29, 0.717) is 5.25 Å². The summed E-state index contributed by atoms with van der Waals surface area (Å²) in [4.78, 5) is 5.11. The molecule has 4 rings (SSSR count). The van der Waals surface area contributed by atoms with E-state index in [9.17, 15) is 0 Å². The van der Waals surface area contributed by atoms with Gasteiger partial charge in [0.2, 0.25) is 0 Å². The number of aliphatic imine (C=N–C) groups is 1. The predicted octanol–water partition coefficient (Wildman–Crippen LogP) is 6.36. The molecule has 0 N–H and O–H groups in total. The predicted molar refractivity (Wildman–Crippen MR) is 108 cm³/mol. The summed E-state index contributed by atoms with van der Waals surface area (Å²) in [7, 11) is 0. The highest BCUT2D eigenvalue weighted by Crippen LogP contribution is 2.45. The molecule has 0 radical (unpaired) electrons. The van der Waals surface area contributed by atoms with Crippen molar-refractivity contribution in [2.24, 2.45) is 4.99 Å². The summed E-state index contributed by atoms with van der Waals surface area (Å²) in [5.74, 6) is 0. The van der Waals surface area contributed by atoms with E-state index in [1.165, 1.54) is 22.3 Å². The second-order valence-corrected chi connectivity index (χ2v) is 7.67. The number of benzene rings is 3.